The van der Waals surface area contributed by atoms with E-state index in [1.54, 1.807) is 36.7 Å². The van der Waals surface area contributed by atoms with E-state index in [0.29, 0.717) is 17.7 Å². The first-order valence-electron chi connectivity index (χ1n) is 6.99. The Kier molecular flexibility index (Phi) is 5.53. The second-order valence-corrected chi connectivity index (χ2v) is 5.34. The molecule has 0 radical (unpaired) electrons. The van der Waals surface area contributed by atoms with Gasteiger partial charge in [0.2, 0.25) is 0 Å². The molecule has 0 saturated heterocycles. The number of nitrogens with zero attached hydrogens (tertiary/aromatic N) is 1. The van der Waals surface area contributed by atoms with Gasteiger partial charge in [0.15, 0.2) is 0 Å². The number of halogens is 2. The maximum Gasteiger partial charge on any atom is 0.146 e. The maximum atomic E-state index is 14.3. The van der Waals surface area contributed by atoms with Crippen molar-refractivity contribution in [2.45, 2.75) is 25.8 Å². The van der Waals surface area contributed by atoms with Gasteiger partial charge in [-0.15, -0.1) is 0 Å². The summed E-state index contributed by atoms with van der Waals surface area (Å²) in [6.07, 6.45) is 4.89. The minimum absolute atomic E-state index is 0.134. The summed E-state index contributed by atoms with van der Waals surface area (Å²) >= 11 is 5.89. The van der Waals surface area contributed by atoms with Crippen LogP contribution in [0.3, 0.4) is 0 Å². The third kappa shape index (κ3) is 3.93. The van der Waals surface area contributed by atoms with E-state index >= 15 is 0 Å². The molecule has 1 aromatic heterocycles. The molecule has 0 saturated carbocycles. The number of aromatic nitrogens is 1. The van der Waals surface area contributed by atoms with Crippen LogP contribution in [0.5, 0.6) is 0 Å². The van der Waals surface area contributed by atoms with Crippen LogP contribution in [0.1, 0.15) is 30.5 Å². The Hall–Kier alpha value is -1.65. The standard InChI is InChI=1S/C16H19ClFN3/c1-2-7-21-15(9-11-10-20-8-6-14(11)19)12-4-3-5-13(17)16(12)18/h3-6,8,10,15,21H,2,7,9H2,1H3,(H2,19,20). The number of nitrogens with one attached hydrogen (secondary N) is 1. The summed E-state index contributed by atoms with van der Waals surface area (Å²) in [5, 5.41) is 3.48. The van der Waals surface area contributed by atoms with Gasteiger partial charge in [0, 0.05) is 29.7 Å². The van der Waals surface area contributed by atoms with Gasteiger partial charge in [-0.2, -0.15) is 0 Å². The van der Waals surface area contributed by atoms with Gasteiger partial charge in [-0.25, -0.2) is 4.39 Å². The fourth-order valence-electron chi connectivity index (χ4n) is 2.23. The molecule has 1 aromatic carbocycles. The van der Waals surface area contributed by atoms with Crippen molar-refractivity contribution in [1.29, 1.82) is 0 Å². The fraction of sp³-hybridized carbons (Fsp3) is 0.312. The zero-order chi connectivity index (χ0) is 15.2. The smallest absolute Gasteiger partial charge is 0.146 e. The first-order chi connectivity index (χ1) is 10.1. The second kappa shape index (κ2) is 7.38. The van der Waals surface area contributed by atoms with Crippen molar-refractivity contribution in [3.05, 3.63) is 58.6 Å². The minimum atomic E-state index is -0.379. The second-order valence-electron chi connectivity index (χ2n) is 4.93. The molecule has 1 atom stereocenters. The first kappa shape index (κ1) is 15.7. The Morgan fingerprint density at radius 2 is 2.19 bits per heavy atom. The van der Waals surface area contributed by atoms with Crippen molar-refractivity contribution in [1.82, 2.24) is 10.3 Å². The monoisotopic (exact) mass is 307 g/mol. The molecule has 0 bridgehead atoms. The summed E-state index contributed by atoms with van der Waals surface area (Å²) in [7, 11) is 0. The van der Waals surface area contributed by atoms with Crippen LogP contribution in [-0.4, -0.2) is 11.5 Å². The van der Waals surface area contributed by atoms with E-state index in [2.05, 4.69) is 17.2 Å². The van der Waals surface area contributed by atoms with Gasteiger partial charge in [0.25, 0.3) is 0 Å². The predicted molar refractivity (Wildman–Crippen MR) is 84.8 cm³/mol. The van der Waals surface area contributed by atoms with Crippen molar-refractivity contribution in [3.63, 3.8) is 0 Å². The molecule has 3 N–H and O–H groups in total. The Balaban J connectivity index is 2.30. The molecule has 112 valence electrons. The van der Waals surface area contributed by atoms with E-state index in [4.69, 9.17) is 17.3 Å². The molecule has 21 heavy (non-hydrogen) atoms. The van der Waals surface area contributed by atoms with Gasteiger partial charge in [-0.05, 0) is 37.1 Å². The lowest BCUT2D eigenvalue weighted by Gasteiger charge is -2.20. The van der Waals surface area contributed by atoms with Gasteiger partial charge in [-0.3, -0.25) is 4.98 Å². The average Bonchev–Trinajstić information content (AvgIpc) is 2.48. The highest BCUT2D eigenvalue weighted by Gasteiger charge is 2.18. The molecule has 0 spiro atoms. The van der Waals surface area contributed by atoms with E-state index in [1.165, 1.54) is 0 Å². The molecule has 0 aliphatic heterocycles. The molecular weight excluding hydrogens is 289 g/mol. The minimum Gasteiger partial charge on any atom is -0.398 e. The van der Waals surface area contributed by atoms with E-state index in [-0.39, 0.29) is 16.9 Å². The summed E-state index contributed by atoms with van der Waals surface area (Å²) in [6.45, 7) is 2.85. The maximum absolute atomic E-state index is 14.3. The van der Waals surface area contributed by atoms with Crippen LogP contribution in [0, 0.1) is 5.82 Å². The molecule has 3 nitrogen and oxygen atoms in total. The molecule has 0 fully saturated rings. The van der Waals surface area contributed by atoms with Gasteiger partial charge in [0.05, 0.1) is 5.02 Å². The number of nitrogen functional groups attached to an aromatic ring is 1. The number of anilines is 1. The third-order valence-corrected chi connectivity index (χ3v) is 3.65. The zero-order valence-corrected chi connectivity index (χ0v) is 12.7. The fourth-order valence-corrected chi connectivity index (χ4v) is 2.41. The Labute approximate surface area is 129 Å². The summed E-state index contributed by atoms with van der Waals surface area (Å²) in [4.78, 5) is 4.08. The van der Waals surface area contributed by atoms with Crippen molar-refractivity contribution >= 4 is 17.3 Å². The number of pyridine rings is 1. The lowest BCUT2D eigenvalue weighted by atomic mass is 9.98. The van der Waals surface area contributed by atoms with E-state index < -0.39 is 0 Å². The summed E-state index contributed by atoms with van der Waals surface area (Å²) in [5.74, 6) is -0.379. The Morgan fingerprint density at radius 1 is 1.38 bits per heavy atom. The highest BCUT2D eigenvalue weighted by molar-refractivity contribution is 6.30. The number of hydrogen-bond donors (Lipinski definition) is 2. The molecule has 5 heteroatoms. The quantitative estimate of drug-likeness (QED) is 0.854. The van der Waals surface area contributed by atoms with Gasteiger partial charge in [0.1, 0.15) is 5.82 Å². The highest BCUT2D eigenvalue weighted by Crippen LogP contribution is 2.27. The van der Waals surface area contributed by atoms with Crippen LogP contribution in [0.25, 0.3) is 0 Å². The van der Waals surface area contributed by atoms with E-state index in [1.807, 2.05) is 0 Å². The van der Waals surface area contributed by atoms with Crippen LogP contribution in [0.15, 0.2) is 36.7 Å². The summed E-state index contributed by atoms with van der Waals surface area (Å²) in [5.41, 5.74) is 8.07. The topological polar surface area (TPSA) is 50.9 Å². The normalized spacial score (nSPS) is 12.3. The zero-order valence-electron chi connectivity index (χ0n) is 11.9. The van der Waals surface area contributed by atoms with Crippen molar-refractivity contribution in [3.8, 4) is 0 Å². The highest BCUT2D eigenvalue weighted by atomic mass is 35.5. The number of rotatable bonds is 6. The van der Waals surface area contributed by atoms with Crippen LogP contribution >= 0.6 is 11.6 Å². The SMILES string of the molecule is CCCNC(Cc1cnccc1N)c1cccc(Cl)c1F. The van der Waals surface area contributed by atoms with Gasteiger partial charge >= 0.3 is 0 Å². The molecule has 1 unspecified atom stereocenters. The summed E-state index contributed by atoms with van der Waals surface area (Å²) < 4.78 is 14.3. The van der Waals surface area contributed by atoms with E-state index in [0.717, 1.165) is 18.5 Å². The lowest BCUT2D eigenvalue weighted by molar-refractivity contribution is 0.497. The summed E-state index contributed by atoms with van der Waals surface area (Å²) in [6, 6.07) is 6.63. The number of hydrogen-bond acceptors (Lipinski definition) is 3. The molecule has 0 amide bonds. The largest absolute Gasteiger partial charge is 0.398 e. The van der Waals surface area contributed by atoms with Crippen LogP contribution in [0.2, 0.25) is 5.02 Å². The predicted octanol–water partition coefficient (Wildman–Crippen LogP) is 3.74. The van der Waals surface area contributed by atoms with Crippen LogP contribution in [-0.2, 0) is 6.42 Å². The molecule has 1 heterocycles. The van der Waals surface area contributed by atoms with Crippen LogP contribution in [0.4, 0.5) is 10.1 Å². The third-order valence-electron chi connectivity index (χ3n) is 3.36. The number of nitrogens with two attached hydrogens (primary N) is 1. The van der Waals surface area contributed by atoms with E-state index in [9.17, 15) is 4.39 Å². The molecular formula is C16H19ClFN3. The Morgan fingerprint density at radius 3 is 2.90 bits per heavy atom. The molecule has 2 aromatic rings. The number of benzene rings is 1. The Bertz CT molecular complexity index is 604. The van der Waals surface area contributed by atoms with Crippen LogP contribution < -0.4 is 11.1 Å². The average molecular weight is 308 g/mol. The van der Waals surface area contributed by atoms with Gasteiger partial charge < -0.3 is 11.1 Å². The van der Waals surface area contributed by atoms with Crippen molar-refractivity contribution < 1.29 is 4.39 Å². The van der Waals surface area contributed by atoms with Crippen molar-refractivity contribution in [2.24, 2.45) is 0 Å². The van der Waals surface area contributed by atoms with Crippen molar-refractivity contribution in [2.75, 3.05) is 12.3 Å². The molecule has 2 rings (SSSR count). The molecule has 0 aliphatic carbocycles. The first-order valence-corrected chi connectivity index (χ1v) is 7.37. The molecule has 0 aliphatic rings. The van der Waals surface area contributed by atoms with Gasteiger partial charge in [-0.1, -0.05) is 30.7 Å². The lowest BCUT2D eigenvalue weighted by Crippen LogP contribution is -2.25.